The predicted octanol–water partition coefficient (Wildman–Crippen LogP) is 1.15. The number of hydrogen-bond acceptors (Lipinski definition) is 3. The molecule has 5 heteroatoms. The van der Waals surface area contributed by atoms with Gasteiger partial charge in [0.1, 0.15) is 0 Å². The standard InChI is InChI=1S/C15H19N3O2/c1-2-7-17-15(20)12-3-5-13(6-4-12)18-14(19)8-11-9-16-10-11/h2-6,11,16H,1,7-10H2,(H,17,20)(H,18,19). The van der Waals surface area contributed by atoms with Crippen LogP contribution in [0.15, 0.2) is 36.9 Å². The Morgan fingerprint density at radius 1 is 1.30 bits per heavy atom. The molecule has 1 aromatic rings. The molecule has 1 heterocycles. The van der Waals surface area contributed by atoms with E-state index in [0.29, 0.717) is 30.1 Å². The SMILES string of the molecule is C=CCNC(=O)c1ccc(NC(=O)CC2CNC2)cc1. The lowest BCUT2D eigenvalue weighted by Gasteiger charge is -2.26. The number of nitrogens with one attached hydrogen (secondary N) is 3. The quantitative estimate of drug-likeness (QED) is 0.681. The van der Waals surface area contributed by atoms with Crippen LogP contribution in [0.2, 0.25) is 0 Å². The van der Waals surface area contributed by atoms with Gasteiger partial charge in [-0.2, -0.15) is 0 Å². The molecule has 0 aliphatic carbocycles. The van der Waals surface area contributed by atoms with Gasteiger partial charge in [-0.15, -0.1) is 6.58 Å². The predicted molar refractivity (Wildman–Crippen MR) is 78.6 cm³/mol. The lowest BCUT2D eigenvalue weighted by atomic mass is 9.99. The monoisotopic (exact) mass is 273 g/mol. The zero-order valence-corrected chi connectivity index (χ0v) is 11.3. The number of amides is 2. The largest absolute Gasteiger partial charge is 0.349 e. The first-order valence-corrected chi connectivity index (χ1v) is 6.69. The second-order valence-corrected chi connectivity index (χ2v) is 4.85. The van der Waals surface area contributed by atoms with Crippen molar-refractivity contribution in [3.05, 3.63) is 42.5 Å². The zero-order chi connectivity index (χ0) is 14.4. The molecule has 5 nitrogen and oxygen atoms in total. The summed E-state index contributed by atoms with van der Waals surface area (Å²) >= 11 is 0. The first-order valence-electron chi connectivity index (χ1n) is 6.69. The number of anilines is 1. The highest BCUT2D eigenvalue weighted by Crippen LogP contribution is 2.13. The molecule has 0 unspecified atom stereocenters. The average Bonchev–Trinajstić information content (AvgIpc) is 2.41. The maximum Gasteiger partial charge on any atom is 0.251 e. The molecule has 3 N–H and O–H groups in total. The summed E-state index contributed by atoms with van der Waals surface area (Å²) in [6.07, 6.45) is 2.16. The Bertz CT molecular complexity index is 492. The molecule has 2 rings (SSSR count). The van der Waals surface area contributed by atoms with Gasteiger partial charge in [-0.05, 0) is 43.3 Å². The first kappa shape index (κ1) is 14.3. The van der Waals surface area contributed by atoms with Crippen molar-refractivity contribution in [1.82, 2.24) is 10.6 Å². The van der Waals surface area contributed by atoms with E-state index in [1.165, 1.54) is 0 Å². The topological polar surface area (TPSA) is 70.2 Å². The van der Waals surface area contributed by atoms with E-state index in [2.05, 4.69) is 22.5 Å². The zero-order valence-electron chi connectivity index (χ0n) is 11.3. The summed E-state index contributed by atoms with van der Waals surface area (Å²) in [5, 5.41) is 8.67. The molecule has 0 atom stereocenters. The van der Waals surface area contributed by atoms with Gasteiger partial charge in [0, 0.05) is 24.2 Å². The lowest BCUT2D eigenvalue weighted by Crippen LogP contribution is -2.43. The maximum absolute atomic E-state index is 11.7. The second-order valence-electron chi connectivity index (χ2n) is 4.85. The van der Waals surface area contributed by atoms with Gasteiger partial charge >= 0.3 is 0 Å². The fourth-order valence-corrected chi connectivity index (χ4v) is 1.94. The van der Waals surface area contributed by atoms with Crippen LogP contribution in [0.3, 0.4) is 0 Å². The van der Waals surface area contributed by atoms with Gasteiger partial charge in [0.05, 0.1) is 0 Å². The molecule has 2 amide bonds. The molecule has 1 aliphatic heterocycles. The number of rotatable bonds is 6. The molecule has 0 saturated carbocycles. The minimum atomic E-state index is -0.150. The molecule has 20 heavy (non-hydrogen) atoms. The van der Waals surface area contributed by atoms with Gasteiger partial charge in [-0.25, -0.2) is 0 Å². The highest BCUT2D eigenvalue weighted by Gasteiger charge is 2.20. The van der Waals surface area contributed by atoms with E-state index in [-0.39, 0.29) is 11.8 Å². The number of hydrogen-bond donors (Lipinski definition) is 3. The summed E-state index contributed by atoms with van der Waals surface area (Å²) in [6, 6.07) is 6.86. The van der Waals surface area contributed by atoms with E-state index in [4.69, 9.17) is 0 Å². The van der Waals surface area contributed by atoms with E-state index in [1.807, 2.05) is 0 Å². The van der Waals surface area contributed by atoms with Crippen molar-refractivity contribution in [2.75, 3.05) is 25.0 Å². The molecule has 1 fully saturated rings. The number of carbonyl (C=O) groups excluding carboxylic acids is 2. The molecule has 106 valence electrons. The van der Waals surface area contributed by atoms with Crippen LogP contribution in [0, 0.1) is 5.92 Å². The molecule has 0 spiro atoms. The highest BCUT2D eigenvalue weighted by molar-refractivity contribution is 5.95. The molecular formula is C15H19N3O2. The summed E-state index contributed by atoms with van der Waals surface area (Å²) < 4.78 is 0. The van der Waals surface area contributed by atoms with E-state index in [1.54, 1.807) is 30.3 Å². The summed E-state index contributed by atoms with van der Waals surface area (Å²) in [5.74, 6) is 0.308. The molecule has 1 aliphatic rings. The fraction of sp³-hybridized carbons (Fsp3) is 0.333. The Morgan fingerprint density at radius 3 is 2.55 bits per heavy atom. The van der Waals surface area contributed by atoms with Crippen molar-refractivity contribution in [1.29, 1.82) is 0 Å². The van der Waals surface area contributed by atoms with Crippen LogP contribution in [-0.4, -0.2) is 31.4 Å². The van der Waals surface area contributed by atoms with Crippen molar-refractivity contribution >= 4 is 17.5 Å². The minimum Gasteiger partial charge on any atom is -0.349 e. The Morgan fingerprint density at radius 2 is 2.00 bits per heavy atom. The van der Waals surface area contributed by atoms with Gasteiger partial charge in [0.2, 0.25) is 5.91 Å². The van der Waals surface area contributed by atoms with Crippen molar-refractivity contribution in [2.45, 2.75) is 6.42 Å². The van der Waals surface area contributed by atoms with E-state index in [0.717, 1.165) is 13.1 Å². The third-order valence-electron chi connectivity index (χ3n) is 3.18. The molecule has 0 radical (unpaired) electrons. The highest BCUT2D eigenvalue weighted by atomic mass is 16.2. The van der Waals surface area contributed by atoms with Gasteiger partial charge in [0.15, 0.2) is 0 Å². The normalized spacial score (nSPS) is 14.2. The van der Waals surface area contributed by atoms with Crippen LogP contribution >= 0.6 is 0 Å². The maximum atomic E-state index is 11.7. The van der Waals surface area contributed by atoms with Crippen LogP contribution in [0.1, 0.15) is 16.8 Å². The fourth-order valence-electron chi connectivity index (χ4n) is 1.94. The van der Waals surface area contributed by atoms with Crippen molar-refractivity contribution < 1.29 is 9.59 Å². The molecule has 1 aromatic carbocycles. The second kappa shape index (κ2) is 6.86. The Kier molecular flexibility index (Phi) is 4.90. The lowest BCUT2D eigenvalue weighted by molar-refractivity contribution is -0.117. The molecular weight excluding hydrogens is 254 g/mol. The number of benzene rings is 1. The van der Waals surface area contributed by atoms with E-state index < -0.39 is 0 Å². The van der Waals surface area contributed by atoms with E-state index >= 15 is 0 Å². The summed E-state index contributed by atoms with van der Waals surface area (Å²) in [6.45, 7) is 5.80. The van der Waals surface area contributed by atoms with E-state index in [9.17, 15) is 9.59 Å². The van der Waals surface area contributed by atoms with Gasteiger partial charge in [-0.1, -0.05) is 6.08 Å². The molecule has 0 bridgehead atoms. The van der Waals surface area contributed by atoms with Crippen molar-refractivity contribution in [3.8, 4) is 0 Å². The summed E-state index contributed by atoms with van der Waals surface area (Å²) in [7, 11) is 0. The van der Waals surface area contributed by atoms with Crippen LogP contribution < -0.4 is 16.0 Å². The van der Waals surface area contributed by atoms with Crippen LogP contribution in [0.4, 0.5) is 5.69 Å². The Balaban J connectivity index is 1.85. The van der Waals surface area contributed by atoms with Crippen LogP contribution in [0.25, 0.3) is 0 Å². The third-order valence-corrected chi connectivity index (χ3v) is 3.18. The van der Waals surface area contributed by atoms with Gasteiger partial charge in [-0.3, -0.25) is 9.59 Å². The Labute approximate surface area is 118 Å². The van der Waals surface area contributed by atoms with Crippen molar-refractivity contribution in [3.63, 3.8) is 0 Å². The minimum absolute atomic E-state index is 0.0142. The Hall–Kier alpha value is -2.14. The average molecular weight is 273 g/mol. The smallest absolute Gasteiger partial charge is 0.251 e. The molecule has 1 saturated heterocycles. The van der Waals surface area contributed by atoms with Gasteiger partial charge < -0.3 is 16.0 Å². The molecule has 0 aromatic heterocycles. The summed E-state index contributed by atoms with van der Waals surface area (Å²) in [4.78, 5) is 23.4. The first-order chi connectivity index (χ1) is 9.69. The van der Waals surface area contributed by atoms with Crippen LogP contribution in [-0.2, 0) is 4.79 Å². The van der Waals surface area contributed by atoms with Gasteiger partial charge in [0.25, 0.3) is 5.91 Å². The van der Waals surface area contributed by atoms with Crippen molar-refractivity contribution in [2.24, 2.45) is 5.92 Å². The van der Waals surface area contributed by atoms with Crippen LogP contribution in [0.5, 0.6) is 0 Å². The third kappa shape index (κ3) is 3.93. The summed E-state index contributed by atoms with van der Waals surface area (Å²) in [5.41, 5.74) is 1.27. The number of carbonyl (C=O) groups is 2.